The van der Waals surface area contributed by atoms with E-state index in [-0.39, 0.29) is 0 Å². The number of aromatic nitrogens is 3. The largest absolute Gasteiger partial charge is 0.368 e. The van der Waals surface area contributed by atoms with Crippen molar-refractivity contribution in [2.24, 2.45) is 11.5 Å². The van der Waals surface area contributed by atoms with Gasteiger partial charge in [0, 0.05) is 19.6 Å². The van der Waals surface area contributed by atoms with E-state index in [9.17, 15) is 4.79 Å². The van der Waals surface area contributed by atoms with Gasteiger partial charge >= 0.3 is 0 Å². The summed E-state index contributed by atoms with van der Waals surface area (Å²) in [6.45, 7) is 2.54. The van der Waals surface area contributed by atoms with Gasteiger partial charge in [0.05, 0.1) is 6.54 Å². The maximum absolute atomic E-state index is 11.9. The predicted molar refractivity (Wildman–Crippen MR) is 76.8 cm³/mol. The second-order valence-electron chi connectivity index (χ2n) is 5.35. The molecule has 1 aliphatic rings. The molecule has 7 nitrogen and oxygen atoms in total. The number of carbonyl (C=O) groups is 1. The van der Waals surface area contributed by atoms with Gasteiger partial charge in [-0.25, -0.2) is 0 Å². The average molecular weight is 286 g/mol. The van der Waals surface area contributed by atoms with Gasteiger partial charge in [0.25, 0.3) is 0 Å². The summed E-state index contributed by atoms with van der Waals surface area (Å²) in [6.07, 6.45) is 1.72. The molecule has 1 aromatic carbocycles. The first-order valence-corrected chi connectivity index (χ1v) is 6.83. The monoisotopic (exact) mass is 286 g/mol. The van der Waals surface area contributed by atoms with E-state index in [4.69, 9.17) is 11.5 Å². The molecule has 2 aromatic rings. The van der Waals surface area contributed by atoms with E-state index < -0.39 is 11.4 Å². The zero-order valence-corrected chi connectivity index (χ0v) is 11.6. The van der Waals surface area contributed by atoms with Crippen molar-refractivity contribution in [2.75, 3.05) is 13.1 Å². The molecule has 0 bridgehead atoms. The third-order valence-corrected chi connectivity index (χ3v) is 3.92. The number of hydrogen-bond acceptors (Lipinski definition) is 5. The van der Waals surface area contributed by atoms with Gasteiger partial charge in [0.15, 0.2) is 0 Å². The number of hydrogen-bond donors (Lipinski definition) is 2. The lowest BCUT2D eigenvalue weighted by atomic mass is 9.89. The Morgan fingerprint density at radius 1 is 1.29 bits per heavy atom. The molecule has 0 radical (unpaired) electrons. The summed E-state index contributed by atoms with van der Waals surface area (Å²) in [7, 11) is 0. The molecule has 110 valence electrons. The molecule has 1 amide bonds. The Balaban J connectivity index is 1.82. The van der Waals surface area contributed by atoms with Crippen LogP contribution in [-0.4, -0.2) is 38.7 Å². The minimum Gasteiger partial charge on any atom is -0.368 e. The fourth-order valence-electron chi connectivity index (χ4n) is 2.65. The van der Waals surface area contributed by atoms with Crippen LogP contribution >= 0.6 is 0 Å². The lowest BCUT2D eigenvalue weighted by Crippen LogP contribution is -2.57. The van der Waals surface area contributed by atoms with E-state index in [2.05, 4.69) is 15.1 Å². The number of carbonyl (C=O) groups excluding carboxylic acids is 1. The molecule has 1 aromatic heterocycles. The molecule has 0 fully saturated rings. The highest BCUT2D eigenvalue weighted by Gasteiger charge is 2.37. The van der Waals surface area contributed by atoms with E-state index in [1.54, 1.807) is 6.33 Å². The van der Waals surface area contributed by atoms with Crippen molar-refractivity contribution < 1.29 is 4.79 Å². The summed E-state index contributed by atoms with van der Waals surface area (Å²) in [4.78, 5) is 14.0. The molecule has 1 aliphatic heterocycles. The molecule has 4 N–H and O–H groups in total. The maximum Gasteiger partial charge on any atom is 0.243 e. The zero-order valence-electron chi connectivity index (χ0n) is 11.6. The minimum atomic E-state index is -1.20. The molecule has 0 saturated carbocycles. The summed E-state index contributed by atoms with van der Waals surface area (Å²) in [5.41, 5.74) is 11.4. The topological polar surface area (TPSA) is 103 Å². The van der Waals surface area contributed by atoms with Crippen LogP contribution < -0.4 is 11.5 Å². The van der Waals surface area contributed by atoms with Crippen LogP contribution in [0.2, 0.25) is 0 Å². The zero-order chi connectivity index (χ0) is 14.9. The Morgan fingerprint density at radius 3 is 2.76 bits per heavy atom. The standard InChI is InChI=1S/C14H18N6O/c15-13(21)14(16,11-4-2-1-3-5-11)9-19-6-7-20-10-17-18-12(20)8-19/h1-5,10H,6-9,16H2,(H2,15,21). The van der Waals surface area contributed by atoms with Crippen LogP contribution in [0.1, 0.15) is 11.4 Å². The number of fused-ring (bicyclic) bond motifs is 1. The maximum atomic E-state index is 11.9. The van der Waals surface area contributed by atoms with Gasteiger partial charge in [-0.05, 0) is 5.56 Å². The predicted octanol–water partition coefficient (Wildman–Crippen LogP) is -0.567. The highest BCUT2D eigenvalue weighted by atomic mass is 16.1. The van der Waals surface area contributed by atoms with Crippen molar-refractivity contribution in [1.29, 1.82) is 0 Å². The highest BCUT2D eigenvalue weighted by Crippen LogP contribution is 2.21. The molecular weight excluding hydrogens is 268 g/mol. The fraction of sp³-hybridized carbons (Fsp3) is 0.357. The number of amides is 1. The van der Waals surface area contributed by atoms with Crippen LogP contribution in [0.25, 0.3) is 0 Å². The van der Waals surface area contributed by atoms with Gasteiger partial charge in [-0.15, -0.1) is 10.2 Å². The molecule has 2 heterocycles. The summed E-state index contributed by atoms with van der Waals surface area (Å²) >= 11 is 0. The van der Waals surface area contributed by atoms with Gasteiger partial charge in [-0.2, -0.15) is 0 Å². The Bertz CT molecular complexity index is 640. The van der Waals surface area contributed by atoms with Gasteiger partial charge in [-0.3, -0.25) is 9.69 Å². The molecule has 0 saturated heterocycles. The quantitative estimate of drug-likeness (QED) is 0.783. The van der Waals surface area contributed by atoms with Gasteiger partial charge in [0.1, 0.15) is 17.7 Å². The van der Waals surface area contributed by atoms with Crippen molar-refractivity contribution in [3.8, 4) is 0 Å². The summed E-state index contributed by atoms with van der Waals surface area (Å²) in [5.74, 6) is 0.349. The van der Waals surface area contributed by atoms with E-state index in [0.29, 0.717) is 13.1 Å². The third kappa shape index (κ3) is 2.53. The van der Waals surface area contributed by atoms with E-state index >= 15 is 0 Å². The van der Waals surface area contributed by atoms with Crippen molar-refractivity contribution in [3.05, 3.63) is 48.0 Å². The number of nitrogens with zero attached hydrogens (tertiary/aromatic N) is 4. The smallest absolute Gasteiger partial charge is 0.243 e. The second-order valence-corrected chi connectivity index (χ2v) is 5.35. The summed E-state index contributed by atoms with van der Waals surface area (Å²) in [5, 5.41) is 7.96. The molecule has 1 unspecified atom stereocenters. The van der Waals surface area contributed by atoms with Crippen molar-refractivity contribution in [2.45, 2.75) is 18.6 Å². The first-order valence-electron chi connectivity index (χ1n) is 6.83. The first kappa shape index (κ1) is 13.7. The third-order valence-electron chi connectivity index (χ3n) is 3.92. The minimum absolute atomic E-state index is 0.360. The van der Waals surface area contributed by atoms with E-state index in [1.165, 1.54) is 0 Å². The van der Waals surface area contributed by atoms with Gasteiger partial charge in [-0.1, -0.05) is 30.3 Å². The molecule has 1 atom stereocenters. The number of benzene rings is 1. The molecular formula is C14H18N6O. The van der Waals surface area contributed by atoms with Crippen molar-refractivity contribution in [1.82, 2.24) is 19.7 Å². The normalized spacial score (nSPS) is 18.0. The van der Waals surface area contributed by atoms with Crippen LogP contribution in [0.4, 0.5) is 0 Å². The fourth-order valence-corrected chi connectivity index (χ4v) is 2.65. The summed E-state index contributed by atoms with van der Waals surface area (Å²) in [6, 6.07) is 9.25. The lowest BCUT2D eigenvalue weighted by Gasteiger charge is -2.35. The van der Waals surface area contributed by atoms with Crippen LogP contribution in [0.15, 0.2) is 36.7 Å². The average Bonchev–Trinajstić information content (AvgIpc) is 2.95. The number of primary amides is 1. The van der Waals surface area contributed by atoms with Crippen molar-refractivity contribution >= 4 is 5.91 Å². The molecule has 3 rings (SSSR count). The molecule has 0 spiro atoms. The first-order chi connectivity index (χ1) is 10.1. The van der Waals surface area contributed by atoms with E-state index in [1.807, 2.05) is 34.9 Å². The van der Waals surface area contributed by atoms with Crippen LogP contribution in [0.3, 0.4) is 0 Å². The number of nitrogens with two attached hydrogens (primary N) is 2. The molecule has 7 heteroatoms. The molecule has 21 heavy (non-hydrogen) atoms. The highest BCUT2D eigenvalue weighted by molar-refractivity contribution is 5.86. The Labute approximate surface area is 122 Å². The summed E-state index contributed by atoms with van der Waals surface area (Å²) < 4.78 is 2.00. The van der Waals surface area contributed by atoms with Crippen LogP contribution in [0, 0.1) is 0 Å². The molecule has 0 aliphatic carbocycles. The SMILES string of the molecule is NC(=O)C(N)(CN1CCn2cnnc2C1)c1ccccc1. The lowest BCUT2D eigenvalue weighted by molar-refractivity contribution is -0.124. The van der Waals surface area contributed by atoms with Gasteiger partial charge < -0.3 is 16.0 Å². The van der Waals surface area contributed by atoms with Crippen LogP contribution in [-0.2, 0) is 23.4 Å². The second kappa shape index (κ2) is 5.27. The Kier molecular flexibility index (Phi) is 3.44. The number of rotatable bonds is 4. The van der Waals surface area contributed by atoms with E-state index in [0.717, 1.165) is 24.5 Å². The Morgan fingerprint density at radius 2 is 2.05 bits per heavy atom. The Hall–Kier alpha value is -2.25. The van der Waals surface area contributed by atoms with Crippen LogP contribution in [0.5, 0.6) is 0 Å². The van der Waals surface area contributed by atoms with Crippen molar-refractivity contribution in [3.63, 3.8) is 0 Å². The van der Waals surface area contributed by atoms with Gasteiger partial charge in [0.2, 0.25) is 5.91 Å².